The van der Waals surface area contributed by atoms with E-state index in [9.17, 15) is 0 Å². The molecule has 0 aliphatic rings. The molecule has 0 saturated heterocycles. The van der Waals surface area contributed by atoms with Crippen molar-refractivity contribution in [2.45, 2.75) is 6.92 Å². The third kappa shape index (κ3) is 0.881. The lowest BCUT2D eigenvalue weighted by atomic mass is 10.1. The van der Waals surface area contributed by atoms with E-state index in [0.29, 0.717) is 0 Å². The van der Waals surface area contributed by atoms with Crippen molar-refractivity contribution in [2.24, 2.45) is 0 Å². The van der Waals surface area contributed by atoms with Gasteiger partial charge in [0.2, 0.25) is 0 Å². The number of benzene rings is 1. The Kier molecular flexibility index (Phi) is 1.54. The van der Waals surface area contributed by atoms with Gasteiger partial charge in [0.05, 0.1) is 11.2 Å². The molecule has 1 heterocycles. The molecule has 0 atom stereocenters. The highest BCUT2D eigenvalue weighted by Gasteiger charge is 2.02. The number of hydrogen-bond acceptors (Lipinski definition) is 1. The number of aromatic nitrogens is 1. The summed E-state index contributed by atoms with van der Waals surface area (Å²) < 4.78 is 0. The predicted molar refractivity (Wildman–Crippen MR) is 52.6 cm³/mol. The van der Waals surface area contributed by atoms with Crippen LogP contribution in [-0.4, -0.2) is 12.0 Å². The molecule has 0 bridgehead atoms. The van der Waals surface area contributed by atoms with Crippen LogP contribution in [0.1, 0.15) is 5.56 Å². The summed E-state index contributed by atoms with van der Waals surface area (Å²) in [6, 6.07) is 6.33. The molecule has 1 aromatic carbocycles. The second-order valence-corrected chi connectivity index (χ2v) is 2.95. The van der Waals surface area contributed by atoms with Crippen LogP contribution in [0, 0.1) is 6.92 Å². The molecule has 0 amide bonds. The smallest absolute Gasteiger partial charge is 0.0692 e. The molecule has 0 unspecified atom stereocenters. The van der Waals surface area contributed by atoms with Crippen LogP contribution in [0.4, 0.5) is 5.69 Å². The highest BCUT2D eigenvalue weighted by molar-refractivity contribution is 5.92. The van der Waals surface area contributed by atoms with Gasteiger partial charge in [-0.1, -0.05) is 12.1 Å². The number of fused-ring (bicyclic) bond motifs is 1. The summed E-state index contributed by atoms with van der Waals surface area (Å²) in [5, 5.41) is 4.45. The first-order valence-electron chi connectivity index (χ1n) is 4.07. The van der Waals surface area contributed by atoms with Gasteiger partial charge in [-0.3, -0.25) is 0 Å². The van der Waals surface area contributed by atoms with E-state index in [2.05, 4.69) is 35.4 Å². The molecule has 0 spiro atoms. The molecule has 0 aliphatic carbocycles. The van der Waals surface area contributed by atoms with Gasteiger partial charge in [-0.25, -0.2) is 0 Å². The molecule has 0 radical (unpaired) electrons. The molecular formula is C10H12N2. The summed E-state index contributed by atoms with van der Waals surface area (Å²) in [6.45, 7) is 2.10. The van der Waals surface area contributed by atoms with Crippen LogP contribution in [0.5, 0.6) is 0 Å². The molecule has 2 heteroatoms. The summed E-state index contributed by atoms with van der Waals surface area (Å²) in [6.07, 6.45) is 1.96. The van der Waals surface area contributed by atoms with Crippen LogP contribution in [-0.2, 0) is 0 Å². The van der Waals surface area contributed by atoms with E-state index < -0.39 is 0 Å². The first-order valence-corrected chi connectivity index (χ1v) is 4.07. The number of H-pyrrole nitrogens is 1. The topological polar surface area (TPSA) is 27.8 Å². The highest BCUT2D eigenvalue weighted by Crippen LogP contribution is 2.24. The van der Waals surface area contributed by atoms with Crippen molar-refractivity contribution in [3.8, 4) is 0 Å². The van der Waals surface area contributed by atoms with Gasteiger partial charge in [0.1, 0.15) is 0 Å². The molecule has 2 rings (SSSR count). The fourth-order valence-electron chi connectivity index (χ4n) is 1.55. The van der Waals surface area contributed by atoms with Crippen LogP contribution in [0.15, 0.2) is 24.4 Å². The minimum atomic E-state index is 1.19. The first-order chi connectivity index (χ1) is 5.83. The van der Waals surface area contributed by atoms with Crippen LogP contribution in [0.25, 0.3) is 10.9 Å². The van der Waals surface area contributed by atoms with Gasteiger partial charge in [-0.2, -0.15) is 0 Å². The Bertz CT molecular complexity index is 401. The van der Waals surface area contributed by atoms with Crippen molar-refractivity contribution in [1.29, 1.82) is 0 Å². The van der Waals surface area contributed by atoms with E-state index >= 15 is 0 Å². The number of rotatable bonds is 1. The fraction of sp³-hybridized carbons (Fsp3) is 0.200. The standard InChI is InChI=1S/C10H12N2/c1-7-3-4-8-5-6-12-10(8)9(7)11-2/h3-6,11-12H,1-2H3. The van der Waals surface area contributed by atoms with E-state index in [4.69, 9.17) is 0 Å². The number of nitrogens with one attached hydrogen (secondary N) is 2. The summed E-state index contributed by atoms with van der Waals surface area (Å²) in [4.78, 5) is 3.22. The average molecular weight is 160 g/mol. The van der Waals surface area contributed by atoms with Gasteiger partial charge in [-0.15, -0.1) is 0 Å². The monoisotopic (exact) mass is 160 g/mol. The zero-order valence-corrected chi connectivity index (χ0v) is 7.31. The maximum atomic E-state index is 3.22. The largest absolute Gasteiger partial charge is 0.386 e. The molecule has 12 heavy (non-hydrogen) atoms. The van der Waals surface area contributed by atoms with Crippen molar-refractivity contribution >= 4 is 16.6 Å². The minimum Gasteiger partial charge on any atom is -0.386 e. The summed E-state index contributed by atoms with van der Waals surface area (Å²) in [7, 11) is 1.95. The van der Waals surface area contributed by atoms with E-state index in [-0.39, 0.29) is 0 Å². The average Bonchev–Trinajstić information content (AvgIpc) is 2.52. The molecule has 2 N–H and O–H groups in total. The van der Waals surface area contributed by atoms with Gasteiger partial charge >= 0.3 is 0 Å². The summed E-state index contributed by atoms with van der Waals surface area (Å²) in [5.74, 6) is 0. The van der Waals surface area contributed by atoms with E-state index in [0.717, 1.165) is 0 Å². The molecule has 2 aromatic rings. The predicted octanol–water partition coefficient (Wildman–Crippen LogP) is 2.52. The van der Waals surface area contributed by atoms with Gasteiger partial charge in [-0.05, 0) is 18.6 Å². The van der Waals surface area contributed by atoms with Crippen molar-refractivity contribution in [3.63, 3.8) is 0 Å². The molecular weight excluding hydrogens is 148 g/mol. The Morgan fingerprint density at radius 1 is 1.25 bits per heavy atom. The maximum absolute atomic E-state index is 3.22. The lowest BCUT2D eigenvalue weighted by molar-refractivity contribution is 1.40. The summed E-state index contributed by atoms with van der Waals surface area (Å²) >= 11 is 0. The maximum Gasteiger partial charge on any atom is 0.0692 e. The lowest BCUT2D eigenvalue weighted by Gasteiger charge is -2.05. The fourth-order valence-corrected chi connectivity index (χ4v) is 1.55. The van der Waals surface area contributed by atoms with E-state index in [1.54, 1.807) is 0 Å². The van der Waals surface area contributed by atoms with Gasteiger partial charge in [0.15, 0.2) is 0 Å². The van der Waals surface area contributed by atoms with Gasteiger partial charge < -0.3 is 10.3 Å². The molecule has 0 aliphatic heterocycles. The second kappa shape index (κ2) is 2.55. The highest BCUT2D eigenvalue weighted by atomic mass is 14.9. The molecule has 1 aromatic heterocycles. The Morgan fingerprint density at radius 3 is 2.83 bits per heavy atom. The number of aryl methyl sites for hydroxylation is 1. The van der Waals surface area contributed by atoms with Gasteiger partial charge in [0, 0.05) is 18.6 Å². The van der Waals surface area contributed by atoms with Crippen LogP contribution >= 0.6 is 0 Å². The van der Waals surface area contributed by atoms with Crippen molar-refractivity contribution < 1.29 is 0 Å². The minimum absolute atomic E-state index is 1.19. The van der Waals surface area contributed by atoms with E-state index in [1.165, 1.54) is 22.2 Å². The number of anilines is 1. The zero-order valence-electron chi connectivity index (χ0n) is 7.31. The van der Waals surface area contributed by atoms with Crippen molar-refractivity contribution in [2.75, 3.05) is 12.4 Å². The van der Waals surface area contributed by atoms with Crippen molar-refractivity contribution in [1.82, 2.24) is 4.98 Å². The molecule has 2 nitrogen and oxygen atoms in total. The third-order valence-electron chi connectivity index (χ3n) is 2.19. The molecule has 62 valence electrons. The third-order valence-corrected chi connectivity index (χ3v) is 2.19. The molecule has 0 fully saturated rings. The van der Waals surface area contributed by atoms with Crippen LogP contribution in [0.2, 0.25) is 0 Å². The van der Waals surface area contributed by atoms with Crippen molar-refractivity contribution in [3.05, 3.63) is 30.0 Å². The second-order valence-electron chi connectivity index (χ2n) is 2.95. The zero-order chi connectivity index (χ0) is 8.55. The Labute approximate surface area is 71.6 Å². The van der Waals surface area contributed by atoms with Gasteiger partial charge in [0.25, 0.3) is 0 Å². The Hall–Kier alpha value is -1.44. The normalized spacial score (nSPS) is 10.5. The SMILES string of the molecule is CNc1c(C)ccc2cc[nH]c12. The summed E-state index contributed by atoms with van der Waals surface area (Å²) in [5.41, 5.74) is 3.66. The number of aromatic amines is 1. The Morgan fingerprint density at radius 2 is 2.08 bits per heavy atom. The molecule has 0 saturated carbocycles. The van der Waals surface area contributed by atoms with E-state index in [1.807, 2.05) is 13.2 Å². The first kappa shape index (κ1) is 7.22. The lowest BCUT2D eigenvalue weighted by Crippen LogP contribution is -1.92. The number of hydrogen-bond donors (Lipinski definition) is 2. The van der Waals surface area contributed by atoms with Crippen LogP contribution < -0.4 is 5.32 Å². The Balaban J connectivity index is 2.83. The van der Waals surface area contributed by atoms with Crippen LogP contribution in [0.3, 0.4) is 0 Å². The quantitative estimate of drug-likeness (QED) is 0.659.